The fourth-order valence-corrected chi connectivity index (χ4v) is 2.61. The Morgan fingerprint density at radius 3 is 2.56 bits per heavy atom. The lowest BCUT2D eigenvalue weighted by Gasteiger charge is -2.10. The monoisotopic (exact) mass is 338 g/mol. The van der Waals surface area contributed by atoms with E-state index in [1.165, 1.54) is 0 Å². The Kier molecular flexibility index (Phi) is 6.93. The number of nitrogens with zero attached hydrogens (tertiary/aromatic N) is 1. The molecule has 2 aromatic rings. The van der Waals surface area contributed by atoms with Crippen molar-refractivity contribution in [2.75, 3.05) is 5.43 Å². The van der Waals surface area contributed by atoms with Crippen LogP contribution in [-0.4, -0.2) is 5.71 Å². The van der Waals surface area contributed by atoms with Gasteiger partial charge in [-0.25, -0.2) is 4.39 Å². The van der Waals surface area contributed by atoms with Crippen LogP contribution in [0.4, 0.5) is 10.1 Å². The number of unbranched alkanes of at least 4 members (excludes halogenated alkanes) is 2. The predicted molar refractivity (Wildman–Crippen MR) is 107 cm³/mol. The minimum atomic E-state index is -0.121. The van der Waals surface area contributed by atoms with Crippen LogP contribution in [0.15, 0.2) is 54.2 Å². The first kappa shape index (κ1) is 18.9. The van der Waals surface area contributed by atoms with Crippen LogP contribution in [0.2, 0.25) is 0 Å². The molecule has 0 spiro atoms. The number of hydrogen-bond acceptors (Lipinski definition) is 2. The van der Waals surface area contributed by atoms with Gasteiger partial charge in [-0.1, -0.05) is 50.6 Å². The van der Waals surface area contributed by atoms with E-state index < -0.39 is 0 Å². The van der Waals surface area contributed by atoms with Crippen LogP contribution in [0.1, 0.15) is 44.2 Å². The summed E-state index contributed by atoms with van der Waals surface area (Å²) in [6.45, 7) is 9.75. The summed E-state index contributed by atoms with van der Waals surface area (Å²) in [5.74, 6) is -0.121. The van der Waals surface area contributed by atoms with Crippen molar-refractivity contribution in [2.24, 2.45) is 5.10 Å². The first-order valence-electron chi connectivity index (χ1n) is 8.87. The molecule has 0 aliphatic heterocycles. The summed E-state index contributed by atoms with van der Waals surface area (Å²) in [5.41, 5.74) is 8.51. The van der Waals surface area contributed by atoms with Crippen LogP contribution in [0.25, 0.3) is 11.1 Å². The molecule has 0 aromatic heterocycles. The number of benzene rings is 2. The number of hydrazone groups is 1. The fourth-order valence-electron chi connectivity index (χ4n) is 2.61. The van der Waals surface area contributed by atoms with Gasteiger partial charge < -0.3 is 0 Å². The molecule has 132 valence electrons. The average Bonchev–Trinajstić information content (AvgIpc) is 2.62. The van der Waals surface area contributed by atoms with Gasteiger partial charge in [0.1, 0.15) is 5.82 Å². The number of nitrogens with one attached hydrogen (secondary N) is 1. The van der Waals surface area contributed by atoms with E-state index in [1.54, 1.807) is 12.1 Å². The van der Waals surface area contributed by atoms with Crippen LogP contribution in [0.5, 0.6) is 0 Å². The van der Waals surface area contributed by atoms with Gasteiger partial charge in [0.25, 0.3) is 0 Å². The Morgan fingerprint density at radius 1 is 1.16 bits per heavy atom. The van der Waals surface area contributed by atoms with Gasteiger partial charge in [-0.2, -0.15) is 5.10 Å². The van der Waals surface area contributed by atoms with E-state index in [4.69, 9.17) is 0 Å². The van der Waals surface area contributed by atoms with Crippen molar-refractivity contribution in [3.8, 4) is 11.1 Å². The maximum atomic E-state index is 14.4. The van der Waals surface area contributed by atoms with Crippen molar-refractivity contribution in [3.63, 3.8) is 0 Å². The third-order valence-electron chi connectivity index (χ3n) is 4.32. The van der Waals surface area contributed by atoms with Gasteiger partial charge in [0, 0.05) is 0 Å². The first-order valence-corrected chi connectivity index (χ1v) is 8.87. The second kappa shape index (κ2) is 9.16. The van der Waals surface area contributed by atoms with Gasteiger partial charge in [0.2, 0.25) is 0 Å². The molecule has 0 aliphatic rings. The van der Waals surface area contributed by atoms with Crippen molar-refractivity contribution < 1.29 is 4.39 Å². The summed E-state index contributed by atoms with van der Waals surface area (Å²) < 4.78 is 14.4. The first-order chi connectivity index (χ1) is 12.0. The van der Waals surface area contributed by atoms with Gasteiger partial charge in [-0.05, 0) is 67.2 Å². The van der Waals surface area contributed by atoms with Crippen molar-refractivity contribution in [1.29, 1.82) is 0 Å². The highest BCUT2D eigenvalue weighted by Gasteiger charge is 2.07. The molecule has 0 amide bonds. The zero-order valence-corrected chi connectivity index (χ0v) is 15.4. The minimum Gasteiger partial charge on any atom is -0.278 e. The third kappa shape index (κ3) is 5.28. The Balaban J connectivity index is 2.23. The number of allylic oxidation sites excluding steroid dienone is 1. The van der Waals surface area contributed by atoms with Crippen LogP contribution in [-0.2, 0) is 6.42 Å². The molecule has 0 atom stereocenters. The molecule has 0 bridgehead atoms. The Bertz CT molecular complexity index is 763. The van der Waals surface area contributed by atoms with E-state index in [0.29, 0.717) is 0 Å². The highest BCUT2D eigenvalue weighted by molar-refractivity contribution is 5.92. The molecule has 0 fully saturated rings. The summed E-state index contributed by atoms with van der Waals surface area (Å²) >= 11 is 0. The molecule has 25 heavy (non-hydrogen) atoms. The van der Waals surface area contributed by atoms with Crippen molar-refractivity contribution in [3.05, 3.63) is 66.0 Å². The molecule has 0 saturated carbocycles. The van der Waals surface area contributed by atoms with Gasteiger partial charge >= 0.3 is 0 Å². The zero-order valence-electron chi connectivity index (χ0n) is 15.4. The minimum absolute atomic E-state index is 0.121. The molecule has 1 N–H and O–H groups in total. The lowest BCUT2D eigenvalue weighted by Crippen LogP contribution is -1.97. The summed E-state index contributed by atoms with van der Waals surface area (Å²) in [5, 5.41) is 4.26. The molecule has 3 heteroatoms. The van der Waals surface area contributed by atoms with Crippen molar-refractivity contribution >= 4 is 11.4 Å². The molecule has 0 saturated heterocycles. The number of hydrogen-bond donors (Lipinski definition) is 1. The molecule has 0 radical (unpaired) electrons. The summed E-state index contributed by atoms with van der Waals surface area (Å²) in [6, 6.07) is 11.6. The molecule has 2 aromatic carbocycles. The van der Waals surface area contributed by atoms with Gasteiger partial charge in [-0.3, -0.25) is 5.43 Å². The SMILES string of the molecule is C=C/C(C)=N\Nc1cc(-c2ccc(CCCCC)c(F)c2)ccc1C. The van der Waals surface area contributed by atoms with E-state index in [0.717, 1.165) is 59.3 Å². The second-order valence-electron chi connectivity index (χ2n) is 6.36. The highest BCUT2D eigenvalue weighted by atomic mass is 19.1. The van der Waals surface area contributed by atoms with Gasteiger partial charge in [0.05, 0.1) is 11.4 Å². The molecule has 0 unspecified atom stereocenters. The largest absolute Gasteiger partial charge is 0.278 e. The highest BCUT2D eigenvalue weighted by Crippen LogP contribution is 2.27. The van der Waals surface area contributed by atoms with E-state index in [1.807, 2.05) is 44.2 Å². The van der Waals surface area contributed by atoms with Gasteiger partial charge in [-0.15, -0.1) is 0 Å². The lowest BCUT2D eigenvalue weighted by atomic mass is 9.99. The number of halogens is 1. The van der Waals surface area contributed by atoms with Crippen LogP contribution in [0, 0.1) is 12.7 Å². The number of anilines is 1. The maximum Gasteiger partial charge on any atom is 0.127 e. The topological polar surface area (TPSA) is 24.4 Å². The third-order valence-corrected chi connectivity index (χ3v) is 4.32. The molecule has 2 nitrogen and oxygen atoms in total. The van der Waals surface area contributed by atoms with Gasteiger partial charge in [0.15, 0.2) is 0 Å². The Morgan fingerprint density at radius 2 is 1.88 bits per heavy atom. The van der Waals surface area contributed by atoms with Crippen molar-refractivity contribution in [2.45, 2.75) is 46.5 Å². The standard InChI is InChI=1S/C22H27FN2/c1-5-7-8-9-18-12-13-19(14-21(18)23)20-11-10-16(3)22(15-20)25-24-17(4)6-2/h6,10-15,25H,2,5,7-9H2,1,3-4H3/b24-17-. The van der Waals surface area contributed by atoms with Crippen LogP contribution in [0.3, 0.4) is 0 Å². The molecular formula is C22H27FN2. The van der Waals surface area contributed by atoms with E-state index in [-0.39, 0.29) is 5.82 Å². The molecule has 2 rings (SSSR count). The van der Waals surface area contributed by atoms with Crippen molar-refractivity contribution in [1.82, 2.24) is 0 Å². The van der Waals surface area contributed by atoms with E-state index >= 15 is 0 Å². The maximum absolute atomic E-state index is 14.4. The lowest BCUT2D eigenvalue weighted by molar-refractivity contribution is 0.599. The predicted octanol–water partition coefficient (Wildman–Crippen LogP) is 6.51. The number of aryl methyl sites for hydroxylation is 2. The van der Waals surface area contributed by atoms with Crippen LogP contribution < -0.4 is 5.43 Å². The molecule has 0 aliphatic carbocycles. The fraction of sp³-hybridized carbons (Fsp3) is 0.318. The summed E-state index contributed by atoms with van der Waals surface area (Å²) in [6.07, 6.45) is 5.81. The average molecular weight is 338 g/mol. The second-order valence-corrected chi connectivity index (χ2v) is 6.36. The quantitative estimate of drug-likeness (QED) is 0.331. The summed E-state index contributed by atoms with van der Waals surface area (Å²) in [4.78, 5) is 0. The van der Waals surface area contributed by atoms with Crippen LogP contribution >= 0.6 is 0 Å². The van der Waals surface area contributed by atoms with E-state index in [9.17, 15) is 4.39 Å². The zero-order chi connectivity index (χ0) is 18.2. The smallest absolute Gasteiger partial charge is 0.127 e. The molecule has 0 heterocycles. The number of rotatable bonds is 8. The normalized spacial score (nSPS) is 11.4. The molecular weight excluding hydrogens is 311 g/mol. The summed E-state index contributed by atoms with van der Waals surface area (Å²) in [7, 11) is 0. The Labute approximate surface area is 150 Å². The van der Waals surface area contributed by atoms with E-state index in [2.05, 4.69) is 24.0 Å². The Hall–Kier alpha value is -2.42.